The molecule has 0 spiro atoms. The van der Waals surface area contributed by atoms with Crippen molar-refractivity contribution in [3.63, 3.8) is 0 Å². The number of anilines is 3. The number of alkyl halides is 3. The second-order valence-corrected chi connectivity index (χ2v) is 12.2. The van der Waals surface area contributed by atoms with E-state index in [1.165, 1.54) is 38.4 Å². The van der Waals surface area contributed by atoms with Crippen molar-refractivity contribution in [3.8, 4) is 6.01 Å². The number of likely N-dealkylation sites (N-methyl/N-ethyl adjacent to an activating group) is 1. The predicted molar refractivity (Wildman–Crippen MR) is 180 cm³/mol. The third-order valence-corrected chi connectivity index (χ3v) is 7.74. The van der Waals surface area contributed by atoms with Gasteiger partial charge in [0, 0.05) is 36.8 Å². The van der Waals surface area contributed by atoms with Crippen LogP contribution in [0.1, 0.15) is 41.6 Å². The van der Waals surface area contributed by atoms with Gasteiger partial charge in [0.25, 0.3) is 11.8 Å². The summed E-state index contributed by atoms with van der Waals surface area (Å²) in [7, 11) is 2.81. The zero-order valence-corrected chi connectivity index (χ0v) is 28.9. The van der Waals surface area contributed by atoms with E-state index in [0.29, 0.717) is 23.6 Å². The summed E-state index contributed by atoms with van der Waals surface area (Å²) in [5.41, 5.74) is 0.749. The lowest BCUT2D eigenvalue weighted by atomic mass is 10.1. The van der Waals surface area contributed by atoms with Crippen LogP contribution in [0, 0.1) is 0 Å². The Labute approximate surface area is 301 Å². The van der Waals surface area contributed by atoms with Crippen molar-refractivity contribution in [2.75, 3.05) is 57.8 Å². The average molecular weight is 752 g/mol. The molecule has 0 unspecified atom stereocenters. The van der Waals surface area contributed by atoms with E-state index in [0.717, 1.165) is 10.5 Å². The van der Waals surface area contributed by atoms with Crippen LogP contribution in [0.3, 0.4) is 0 Å². The highest BCUT2D eigenvalue weighted by Crippen LogP contribution is 2.48. The molecule has 1 aliphatic rings. The van der Waals surface area contributed by atoms with Crippen molar-refractivity contribution in [2.24, 2.45) is 0 Å². The van der Waals surface area contributed by atoms with Crippen molar-refractivity contribution in [1.29, 1.82) is 0 Å². The smallest absolute Gasteiger partial charge is 0.422 e. The summed E-state index contributed by atoms with van der Waals surface area (Å²) in [6.45, 7) is -2.02. The molecule has 0 bridgehead atoms. The molecular weight excluding hydrogens is 715 g/mol. The molecular formula is C33H37ClF3N7O8. The van der Waals surface area contributed by atoms with E-state index < -0.39 is 53.9 Å². The fourth-order valence-electron chi connectivity index (χ4n) is 4.70. The summed E-state index contributed by atoms with van der Waals surface area (Å²) in [6, 6.07) is 10.9. The van der Waals surface area contributed by atoms with Crippen molar-refractivity contribution < 1.29 is 51.7 Å². The monoisotopic (exact) mass is 751 g/mol. The number of nitrogens with one attached hydrogen (secondary N) is 3. The minimum Gasteiger partial charge on any atom is -0.462 e. The highest BCUT2D eigenvalue weighted by Gasteiger charge is 2.45. The number of nitrogens with zero attached hydrogens (tertiary/aromatic N) is 4. The Morgan fingerprint density at radius 1 is 0.962 bits per heavy atom. The van der Waals surface area contributed by atoms with Crippen molar-refractivity contribution in [3.05, 3.63) is 64.7 Å². The largest absolute Gasteiger partial charge is 0.462 e. The standard InChI is InChI=1S/C33H37ClF3N7O8/c1-44(2)27(48)25(46)12-11-24(28(49)51-18-17-50-16-15-45)39-26(47)20-3-9-23(10-4-20)38-29-40-30(42-31(41-29)52-19-33(35,36)37)43-32(13-14-32)21-5-7-22(34)8-6-21/h3-10,24,45H,11-19H2,1-2H3,(H,39,47)(H2,38,40,41,42,43)/t24-/m0/s1. The zero-order valence-electron chi connectivity index (χ0n) is 28.2. The molecule has 1 aliphatic carbocycles. The molecule has 1 atom stereocenters. The molecule has 0 saturated heterocycles. The lowest BCUT2D eigenvalue weighted by Crippen LogP contribution is -2.43. The third-order valence-electron chi connectivity index (χ3n) is 7.48. The van der Waals surface area contributed by atoms with Gasteiger partial charge in [-0.15, -0.1) is 0 Å². The fraction of sp³-hybridized carbons (Fsp3) is 0.424. The number of ketones is 1. The number of rotatable bonds is 19. The van der Waals surface area contributed by atoms with Gasteiger partial charge in [-0.3, -0.25) is 14.4 Å². The molecule has 1 aromatic heterocycles. The predicted octanol–water partition coefficient (Wildman–Crippen LogP) is 3.40. The minimum absolute atomic E-state index is 0.0165. The van der Waals surface area contributed by atoms with E-state index in [1.54, 1.807) is 12.1 Å². The Kier molecular flexibility index (Phi) is 13.7. The maximum atomic E-state index is 13.1. The van der Waals surface area contributed by atoms with E-state index in [4.69, 9.17) is 30.9 Å². The van der Waals surface area contributed by atoms with Crippen LogP contribution >= 0.6 is 11.6 Å². The Hall–Kier alpha value is -5.07. The summed E-state index contributed by atoms with van der Waals surface area (Å²) in [6.07, 6.45) is -3.82. The summed E-state index contributed by atoms with van der Waals surface area (Å²) in [4.78, 5) is 63.6. The van der Waals surface area contributed by atoms with Crippen LogP contribution in [0.25, 0.3) is 0 Å². The Bertz CT molecular complexity index is 1710. The van der Waals surface area contributed by atoms with Gasteiger partial charge in [-0.05, 0) is 61.2 Å². The lowest BCUT2D eigenvalue weighted by molar-refractivity contribution is -0.154. The highest BCUT2D eigenvalue weighted by molar-refractivity contribution is 6.35. The molecule has 4 N–H and O–H groups in total. The van der Waals surface area contributed by atoms with E-state index in [9.17, 15) is 32.3 Å². The van der Waals surface area contributed by atoms with Gasteiger partial charge >= 0.3 is 18.2 Å². The van der Waals surface area contributed by atoms with Crippen LogP contribution < -0.4 is 20.7 Å². The van der Waals surface area contributed by atoms with Gasteiger partial charge in [-0.2, -0.15) is 28.1 Å². The number of Topliss-reactive ketones (excluding diaryl/α,β-unsaturated/α-hetero) is 1. The molecule has 2 amide bonds. The first-order valence-electron chi connectivity index (χ1n) is 16.0. The van der Waals surface area contributed by atoms with Crippen LogP contribution in [0.15, 0.2) is 48.5 Å². The molecule has 0 radical (unpaired) electrons. The van der Waals surface area contributed by atoms with E-state index in [2.05, 4.69) is 30.9 Å². The number of aliphatic hydroxyl groups is 1. The summed E-state index contributed by atoms with van der Waals surface area (Å²) < 4.78 is 53.9. The fourth-order valence-corrected chi connectivity index (χ4v) is 4.82. The maximum absolute atomic E-state index is 13.1. The molecule has 280 valence electrons. The Morgan fingerprint density at radius 2 is 1.63 bits per heavy atom. The minimum atomic E-state index is -4.64. The maximum Gasteiger partial charge on any atom is 0.422 e. The molecule has 15 nitrogen and oxygen atoms in total. The van der Waals surface area contributed by atoms with Gasteiger partial charge in [-0.25, -0.2) is 4.79 Å². The second-order valence-electron chi connectivity index (χ2n) is 11.8. The lowest BCUT2D eigenvalue weighted by Gasteiger charge is -2.19. The van der Waals surface area contributed by atoms with E-state index in [-0.39, 0.29) is 56.7 Å². The number of benzene rings is 2. The average Bonchev–Trinajstić information content (AvgIpc) is 3.88. The molecule has 4 rings (SSSR count). The van der Waals surface area contributed by atoms with Gasteiger partial charge < -0.3 is 40.2 Å². The quantitative estimate of drug-likeness (QED) is 0.0792. The van der Waals surface area contributed by atoms with Gasteiger partial charge in [-0.1, -0.05) is 23.7 Å². The first-order valence-corrected chi connectivity index (χ1v) is 16.3. The van der Waals surface area contributed by atoms with Gasteiger partial charge in [0.05, 0.1) is 25.4 Å². The van der Waals surface area contributed by atoms with Gasteiger partial charge in [0.15, 0.2) is 6.61 Å². The number of carbonyl (C=O) groups is 4. The molecule has 52 heavy (non-hydrogen) atoms. The first kappa shape index (κ1) is 39.7. The van der Waals surface area contributed by atoms with Crippen LogP contribution in [-0.4, -0.2) is 108 Å². The number of hydrogen-bond acceptors (Lipinski definition) is 13. The van der Waals surface area contributed by atoms with Crippen molar-refractivity contribution in [2.45, 2.75) is 43.4 Å². The zero-order chi connectivity index (χ0) is 37.9. The first-order chi connectivity index (χ1) is 24.7. The second kappa shape index (κ2) is 17.9. The Balaban J connectivity index is 1.46. The summed E-state index contributed by atoms with van der Waals surface area (Å²) >= 11 is 6.02. The van der Waals surface area contributed by atoms with Crippen LogP contribution in [0.4, 0.5) is 30.8 Å². The normalized spacial score (nSPS) is 13.8. The number of esters is 1. The number of ether oxygens (including phenoxy) is 3. The van der Waals surface area contributed by atoms with Crippen molar-refractivity contribution >= 4 is 52.8 Å². The molecule has 1 fully saturated rings. The number of aromatic nitrogens is 3. The molecule has 2 aromatic carbocycles. The highest BCUT2D eigenvalue weighted by atomic mass is 35.5. The molecule has 0 aliphatic heterocycles. The number of amides is 2. The molecule has 1 saturated carbocycles. The SMILES string of the molecule is CN(C)C(=O)C(=O)CC[C@H](NC(=O)c1ccc(Nc2nc(NC3(c4ccc(Cl)cc4)CC3)nc(OCC(F)(F)F)n2)cc1)C(=O)OCCOCCO. The Morgan fingerprint density at radius 3 is 2.25 bits per heavy atom. The van der Waals surface area contributed by atoms with Gasteiger partial charge in [0.2, 0.25) is 17.7 Å². The summed E-state index contributed by atoms with van der Waals surface area (Å²) in [5.74, 6) is -3.30. The molecule has 1 heterocycles. The van der Waals surface area contributed by atoms with Gasteiger partial charge in [0.1, 0.15) is 12.6 Å². The molecule has 3 aromatic rings. The number of halogens is 4. The van der Waals surface area contributed by atoms with Crippen molar-refractivity contribution in [1.82, 2.24) is 25.2 Å². The van der Waals surface area contributed by atoms with E-state index >= 15 is 0 Å². The summed E-state index contributed by atoms with van der Waals surface area (Å²) in [5, 5.41) is 17.9. The topological polar surface area (TPSA) is 194 Å². The van der Waals surface area contributed by atoms with Crippen LogP contribution in [0.5, 0.6) is 6.01 Å². The number of hydrogen-bond donors (Lipinski definition) is 4. The van der Waals surface area contributed by atoms with Crippen LogP contribution in [-0.2, 0) is 29.4 Å². The van der Waals surface area contributed by atoms with Crippen LogP contribution in [0.2, 0.25) is 5.02 Å². The number of carbonyl (C=O) groups excluding carboxylic acids is 4. The third kappa shape index (κ3) is 12.0. The molecule has 19 heteroatoms. The van der Waals surface area contributed by atoms with E-state index in [1.807, 2.05) is 12.1 Å². The number of aliphatic hydroxyl groups excluding tert-OH is 1.